The molecule has 1 aromatic heterocycles. The van der Waals surface area contributed by atoms with E-state index in [0.717, 1.165) is 22.8 Å². The third kappa shape index (κ3) is 4.39. The number of hydrogen-bond acceptors (Lipinski definition) is 8. The van der Waals surface area contributed by atoms with Crippen LogP contribution in [0.5, 0.6) is 5.88 Å². The van der Waals surface area contributed by atoms with Crippen molar-refractivity contribution in [2.24, 2.45) is 0 Å². The molecule has 2 aromatic rings. The van der Waals surface area contributed by atoms with Gasteiger partial charge in [-0.1, -0.05) is 12.1 Å². The first kappa shape index (κ1) is 17.2. The summed E-state index contributed by atoms with van der Waals surface area (Å²) in [4.78, 5) is 0. The molecule has 0 saturated carbocycles. The largest absolute Gasteiger partial charge is 0.492 e. The van der Waals surface area contributed by atoms with Gasteiger partial charge in [-0.3, -0.25) is 5.41 Å². The van der Waals surface area contributed by atoms with Crippen molar-refractivity contribution in [3.05, 3.63) is 35.4 Å². The molecule has 0 saturated heterocycles. The summed E-state index contributed by atoms with van der Waals surface area (Å²) in [6.07, 6.45) is -0.994. The van der Waals surface area contributed by atoms with E-state index in [0.29, 0.717) is 5.00 Å². The second-order valence-corrected chi connectivity index (χ2v) is 5.56. The van der Waals surface area contributed by atoms with E-state index in [9.17, 15) is 10.2 Å². The number of amidine groups is 1. The van der Waals surface area contributed by atoms with E-state index in [4.69, 9.17) is 15.6 Å². The summed E-state index contributed by atoms with van der Waals surface area (Å²) in [6, 6.07) is 7.03. The van der Waals surface area contributed by atoms with Crippen LogP contribution in [0.15, 0.2) is 24.3 Å². The summed E-state index contributed by atoms with van der Waals surface area (Å²) < 4.78 is 3.82. The maximum atomic E-state index is 9.82. The molecule has 1 unspecified atom stereocenters. The van der Waals surface area contributed by atoms with Crippen LogP contribution in [0.3, 0.4) is 0 Å². The molecule has 2 rings (SSSR count). The molecule has 0 bridgehead atoms. The molecule has 0 aliphatic carbocycles. The maximum Gasteiger partial charge on any atom is 0.236 e. The van der Waals surface area contributed by atoms with Crippen molar-refractivity contribution in [3.63, 3.8) is 0 Å². The molecular formula is C14H18N4O4S. The Hall–Kier alpha value is -2.20. The van der Waals surface area contributed by atoms with Crippen molar-refractivity contribution in [2.75, 3.05) is 18.5 Å². The molecule has 23 heavy (non-hydrogen) atoms. The number of aromatic nitrogens is 1. The number of aromatic hydroxyl groups is 1. The van der Waals surface area contributed by atoms with Gasteiger partial charge in [0, 0.05) is 12.2 Å². The van der Waals surface area contributed by atoms with Crippen LogP contribution in [0.1, 0.15) is 11.1 Å². The first-order valence-electron chi connectivity index (χ1n) is 6.82. The van der Waals surface area contributed by atoms with Crippen molar-refractivity contribution in [3.8, 4) is 5.88 Å². The zero-order chi connectivity index (χ0) is 16.8. The van der Waals surface area contributed by atoms with Crippen molar-refractivity contribution in [1.82, 2.24) is 9.69 Å². The fourth-order valence-corrected chi connectivity index (χ4v) is 2.51. The van der Waals surface area contributed by atoms with Crippen molar-refractivity contribution < 1.29 is 20.4 Å². The molecule has 0 fully saturated rings. The lowest BCUT2D eigenvalue weighted by Crippen LogP contribution is -2.34. The normalized spacial score (nSPS) is 12.0. The highest BCUT2D eigenvalue weighted by molar-refractivity contribution is 7.11. The summed E-state index contributed by atoms with van der Waals surface area (Å²) in [5.74, 6) is -0.404. The van der Waals surface area contributed by atoms with Gasteiger partial charge < -0.3 is 31.1 Å². The lowest BCUT2D eigenvalue weighted by Gasteiger charge is -2.12. The third-order valence-electron chi connectivity index (χ3n) is 3.04. The molecular weight excluding hydrogens is 320 g/mol. The minimum atomic E-state index is -0.994. The maximum absolute atomic E-state index is 9.82. The highest BCUT2D eigenvalue weighted by atomic mass is 32.1. The average molecular weight is 338 g/mol. The molecule has 0 radical (unpaired) electrons. The Morgan fingerprint density at radius 3 is 2.57 bits per heavy atom. The Morgan fingerprint density at radius 2 is 1.96 bits per heavy atom. The molecule has 0 aliphatic rings. The number of anilines is 2. The molecule has 8 nitrogen and oxygen atoms in total. The van der Waals surface area contributed by atoms with Crippen molar-refractivity contribution >= 4 is 28.1 Å². The Labute approximate surface area is 136 Å². The van der Waals surface area contributed by atoms with Crippen LogP contribution in [0.25, 0.3) is 0 Å². The van der Waals surface area contributed by atoms with E-state index in [1.54, 1.807) is 24.3 Å². The number of nitrogens with zero attached hydrogens (tertiary/aromatic N) is 1. The highest BCUT2D eigenvalue weighted by Crippen LogP contribution is 2.32. The lowest BCUT2D eigenvalue weighted by atomic mass is 10.2. The number of rotatable bonds is 7. The number of nitrogens with one attached hydrogen (secondary N) is 3. The monoisotopic (exact) mass is 338 g/mol. The van der Waals surface area contributed by atoms with Crippen LogP contribution in [-0.2, 0) is 6.61 Å². The van der Waals surface area contributed by atoms with Crippen LogP contribution in [-0.4, -0.2) is 49.9 Å². The smallest absolute Gasteiger partial charge is 0.236 e. The van der Waals surface area contributed by atoms with Crippen molar-refractivity contribution in [1.29, 1.82) is 5.41 Å². The Balaban J connectivity index is 2.12. The molecule has 1 aromatic carbocycles. The van der Waals surface area contributed by atoms with Gasteiger partial charge in [0.2, 0.25) is 5.88 Å². The van der Waals surface area contributed by atoms with Gasteiger partial charge in [-0.2, -0.15) is 4.37 Å². The molecule has 0 amide bonds. The summed E-state index contributed by atoms with van der Waals surface area (Å²) in [7, 11) is 0. The topological polar surface area (TPSA) is 142 Å². The molecule has 0 aliphatic heterocycles. The van der Waals surface area contributed by atoms with Gasteiger partial charge >= 0.3 is 0 Å². The average Bonchev–Trinajstić information content (AvgIpc) is 2.93. The predicted molar refractivity (Wildman–Crippen MR) is 87.4 cm³/mol. The molecule has 1 heterocycles. The van der Waals surface area contributed by atoms with Gasteiger partial charge in [0.25, 0.3) is 0 Å². The first-order valence-corrected chi connectivity index (χ1v) is 7.59. The van der Waals surface area contributed by atoms with Gasteiger partial charge in [0.15, 0.2) is 0 Å². The minimum Gasteiger partial charge on any atom is -0.492 e. The first-order chi connectivity index (χ1) is 11.0. The van der Waals surface area contributed by atoms with Gasteiger partial charge in [-0.25, -0.2) is 0 Å². The highest BCUT2D eigenvalue weighted by Gasteiger charge is 2.18. The Bertz CT molecular complexity index is 659. The zero-order valence-corrected chi connectivity index (χ0v) is 13.0. The predicted octanol–water partition coefficient (Wildman–Crippen LogP) is 0.353. The molecule has 124 valence electrons. The molecule has 7 N–H and O–H groups in total. The fraction of sp³-hybridized carbons (Fsp3) is 0.286. The second kappa shape index (κ2) is 7.88. The van der Waals surface area contributed by atoms with E-state index < -0.39 is 12.7 Å². The number of aliphatic hydroxyl groups excluding tert-OH is 3. The van der Waals surface area contributed by atoms with E-state index in [-0.39, 0.29) is 30.4 Å². The third-order valence-corrected chi connectivity index (χ3v) is 3.80. The number of hydrogen-bond donors (Lipinski definition) is 7. The van der Waals surface area contributed by atoms with Gasteiger partial charge in [0.05, 0.1) is 19.3 Å². The number of benzene rings is 1. The van der Waals surface area contributed by atoms with Gasteiger partial charge in [-0.05, 0) is 29.2 Å². The molecule has 0 spiro atoms. The number of aliphatic hydroxyl groups is 3. The standard InChI is InChI=1S/C14H18N4O4S/c15-12(16-5-10(21)7-20)11-13(22)18-23-14(11)17-9-3-1-8(6-19)2-4-9/h1-4,10,17,19-21H,5-7H2,(H2,15,16)(H,18,22). The van der Waals surface area contributed by atoms with E-state index in [2.05, 4.69) is 15.0 Å². The summed E-state index contributed by atoms with van der Waals surface area (Å²) in [6.45, 7) is -0.486. The van der Waals surface area contributed by atoms with Crippen LogP contribution in [0.2, 0.25) is 0 Å². The van der Waals surface area contributed by atoms with E-state index in [1.165, 1.54) is 0 Å². The van der Waals surface area contributed by atoms with Crippen LogP contribution in [0.4, 0.5) is 10.7 Å². The Morgan fingerprint density at radius 1 is 1.26 bits per heavy atom. The SMILES string of the molecule is N=C(NCC(O)CO)c1c(O)nsc1Nc1ccc(CO)cc1. The molecule has 9 heteroatoms. The second-order valence-electron chi connectivity index (χ2n) is 4.78. The molecule has 1 atom stereocenters. The summed E-state index contributed by atoms with van der Waals surface area (Å²) >= 11 is 0.996. The summed E-state index contributed by atoms with van der Waals surface area (Å²) in [5.41, 5.74) is 1.68. The summed E-state index contributed by atoms with van der Waals surface area (Å²) in [5, 5.41) is 51.0. The quantitative estimate of drug-likeness (QED) is 0.285. The van der Waals surface area contributed by atoms with E-state index >= 15 is 0 Å². The van der Waals surface area contributed by atoms with E-state index in [1.807, 2.05) is 0 Å². The van der Waals surface area contributed by atoms with Crippen LogP contribution >= 0.6 is 11.5 Å². The van der Waals surface area contributed by atoms with Gasteiger partial charge in [-0.15, -0.1) is 0 Å². The minimum absolute atomic E-state index is 0.0186. The Kier molecular flexibility index (Phi) is 5.88. The van der Waals surface area contributed by atoms with Crippen molar-refractivity contribution in [2.45, 2.75) is 12.7 Å². The van der Waals surface area contributed by atoms with Crippen LogP contribution in [0, 0.1) is 5.41 Å². The lowest BCUT2D eigenvalue weighted by molar-refractivity contribution is 0.0982. The zero-order valence-electron chi connectivity index (χ0n) is 12.2. The van der Waals surface area contributed by atoms with Gasteiger partial charge in [0.1, 0.15) is 16.4 Å². The van der Waals surface area contributed by atoms with Crippen LogP contribution < -0.4 is 10.6 Å². The fourth-order valence-electron chi connectivity index (χ4n) is 1.79.